The Hall–Kier alpha value is -3.76. The van der Waals surface area contributed by atoms with Crippen molar-refractivity contribution in [2.75, 3.05) is 39.6 Å². The first-order valence-corrected chi connectivity index (χ1v) is 39.8. The summed E-state index contributed by atoms with van der Waals surface area (Å²) in [7, 11) is -9.96. The number of hydrogen-bond acceptors (Lipinski definition) is 15. The van der Waals surface area contributed by atoms with Gasteiger partial charge in [-0.25, -0.2) is 9.13 Å². The highest BCUT2D eigenvalue weighted by atomic mass is 31.2. The first kappa shape index (κ1) is 90.2. The number of phosphoric acid groups is 2. The number of esters is 4. The van der Waals surface area contributed by atoms with Crippen LogP contribution in [0.15, 0.2) is 85.1 Å². The van der Waals surface area contributed by atoms with Crippen molar-refractivity contribution in [3.05, 3.63) is 85.1 Å². The van der Waals surface area contributed by atoms with Crippen LogP contribution >= 0.6 is 15.6 Å². The first-order chi connectivity index (χ1) is 45.7. The van der Waals surface area contributed by atoms with E-state index in [1.54, 1.807) is 6.08 Å². The minimum atomic E-state index is -4.98. The second kappa shape index (κ2) is 67.8. The molecule has 0 amide bonds. The summed E-state index contributed by atoms with van der Waals surface area (Å²) >= 11 is 0. The number of aliphatic hydroxyl groups is 1. The molecule has 5 unspecified atom stereocenters. The van der Waals surface area contributed by atoms with Crippen LogP contribution < -0.4 is 0 Å². The van der Waals surface area contributed by atoms with Crippen LogP contribution in [0.5, 0.6) is 0 Å². The summed E-state index contributed by atoms with van der Waals surface area (Å²) in [6.07, 6.45) is 67.6. The SMILES string of the molecule is CC/C=C\C/C=C\C/C=C\C/C=C\C/C=C\CC(=O)OCC(COP(=O)(O)OCC(O)COP(=O)(O)OCC(COC(=O)CCCCCCC/C=C\CCCCCCCC)OC(=O)CCCCCCC/C=C\CCCC)OC(=O)CCCCCCCCCCCCCCC. The quantitative estimate of drug-likeness (QED) is 0.0169. The molecule has 0 aliphatic rings. The summed E-state index contributed by atoms with van der Waals surface area (Å²) in [5.41, 5.74) is 0. The average molecular weight is 1370 g/mol. The molecule has 0 aliphatic heterocycles. The molecule has 0 saturated heterocycles. The lowest BCUT2D eigenvalue weighted by atomic mass is 10.0. The van der Waals surface area contributed by atoms with Crippen molar-refractivity contribution in [1.82, 2.24) is 0 Å². The van der Waals surface area contributed by atoms with Crippen LogP contribution in [0.4, 0.5) is 0 Å². The zero-order valence-corrected chi connectivity index (χ0v) is 60.9. The largest absolute Gasteiger partial charge is 0.472 e. The molecule has 0 aromatic carbocycles. The molecule has 94 heavy (non-hydrogen) atoms. The first-order valence-electron chi connectivity index (χ1n) is 36.8. The molecular weight excluding hydrogens is 1230 g/mol. The van der Waals surface area contributed by atoms with E-state index >= 15 is 0 Å². The Morgan fingerprint density at radius 2 is 0.606 bits per heavy atom. The minimum Gasteiger partial charge on any atom is -0.462 e. The van der Waals surface area contributed by atoms with Gasteiger partial charge in [0.05, 0.1) is 32.8 Å². The van der Waals surface area contributed by atoms with E-state index in [9.17, 15) is 43.2 Å². The van der Waals surface area contributed by atoms with Gasteiger partial charge < -0.3 is 33.8 Å². The number of ether oxygens (including phenoxy) is 4. The number of unbranched alkanes of at least 4 members (excludes halogenated alkanes) is 30. The molecule has 0 heterocycles. The maximum atomic E-state index is 13.0. The van der Waals surface area contributed by atoms with Crippen LogP contribution in [0.25, 0.3) is 0 Å². The van der Waals surface area contributed by atoms with Crippen molar-refractivity contribution >= 4 is 39.5 Å². The fourth-order valence-corrected chi connectivity index (χ4v) is 11.3. The van der Waals surface area contributed by atoms with Crippen molar-refractivity contribution < 1.29 is 80.2 Å². The standard InChI is InChI=1S/C75H132O17P2/c1-5-9-13-17-21-25-29-32-34-37-40-43-47-51-55-59-72(77)85-65-70(91-74(79)61-57-53-49-45-39-28-24-20-16-12-8-4)67-89-93(81,82)87-63-69(76)64-88-94(83,84)90-68-71(92-75(80)62-58-54-50-46-42-36-31-27-23-19-15-11-7-3)66-86-73(78)60-56-52-48-44-41-38-35-33-30-26-22-18-14-10-6-2/h10,14,20,22,24,26,32-35,41,44,52,56,69-71,76H,5-9,11-13,15-19,21,23,25,27-31,36-40,42-43,45-51,53-55,57-68H2,1-4H3,(H,81,82)(H,83,84)/b14-10-,24-20-,26-22-,34-32-,35-33-,44-41-,56-52-. The maximum absolute atomic E-state index is 13.0. The topological polar surface area (TPSA) is 237 Å². The highest BCUT2D eigenvalue weighted by molar-refractivity contribution is 7.47. The monoisotopic (exact) mass is 1370 g/mol. The van der Waals surface area contributed by atoms with Crippen molar-refractivity contribution in [2.24, 2.45) is 0 Å². The van der Waals surface area contributed by atoms with Gasteiger partial charge in [-0.1, -0.05) is 273 Å². The number of allylic oxidation sites excluding steroid dienone is 13. The van der Waals surface area contributed by atoms with Crippen LogP contribution in [0.3, 0.4) is 0 Å². The number of hydrogen-bond donors (Lipinski definition) is 3. The zero-order valence-electron chi connectivity index (χ0n) is 59.1. The molecule has 0 fully saturated rings. The van der Waals surface area contributed by atoms with E-state index in [2.05, 4.69) is 88.5 Å². The number of phosphoric ester groups is 2. The lowest BCUT2D eigenvalue weighted by Gasteiger charge is -2.21. The van der Waals surface area contributed by atoms with E-state index in [1.807, 2.05) is 18.2 Å². The van der Waals surface area contributed by atoms with Crippen LogP contribution in [-0.2, 0) is 65.4 Å². The van der Waals surface area contributed by atoms with Crippen molar-refractivity contribution in [3.8, 4) is 0 Å². The average Bonchev–Trinajstić information content (AvgIpc) is 1.55. The molecule has 0 aromatic rings. The maximum Gasteiger partial charge on any atom is 0.472 e. The normalized spacial score (nSPS) is 14.5. The molecule has 0 bridgehead atoms. The lowest BCUT2D eigenvalue weighted by Crippen LogP contribution is -2.30. The fraction of sp³-hybridized carbons (Fsp3) is 0.760. The Labute approximate surface area is 570 Å². The molecule has 0 aromatic heterocycles. The van der Waals surface area contributed by atoms with E-state index in [1.165, 1.54) is 103 Å². The van der Waals surface area contributed by atoms with E-state index < -0.39 is 97.5 Å². The van der Waals surface area contributed by atoms with E-state index in [0.29, 0.717) is 25.7 Å². The molecule has 3 N–H and O–H groups in total. The molecule has 0 spiro atoms. The highest BCUT2D eigenvalue weighted by Crippen LogP contribution is 2.45. The molecular formula is C75H132O17P2. The van der Waals surface area contributed by atoms with Crippen LogP contribution in [0.2, 0.25) is 0 Å². The van der Waals surface area contributed by atoms with Crippen LogP contribution in [0, 0.1) is 0 Å². The Morgan fingerprint density at radius 1 is 0.319 bits per heavy atom. The molecule has 0 aliphatic carbocycles. The van der Waals surface area contributed by atoms with E-state index in [0.717, 1.165) is 128 Å². The van der Waals surface area contributed by atoms with Gasteiger partial charge >= 0.3 is 39.5 Å². The Bertz CT molecular complexity index is 2120. The predicted molar refractivity (Wildman–Crippen MR) is 381 cm³/mol. The molecule has 544 valence electrons. The number of carbonyl (C=O) groups is 4. The highest BCUT2D eigenvalue weighted by Gasteiger charge is 2.30. The molecule has 0 radical (unpaired) electrons. The summed E-state index contributed by atoms with van der Waals surface area (Å²) in [6.45, 7) is 4.60. The number of aliphatic hydroxyl groups excluding tert-OH is 1. The Morgan fingerprint density at radius 3 is 0.968 bits per heavy atom. The van der Waals surface area contributed by atoms with Crippen LogP contribution in [0.1, 0.15) is 310 Å². The smallest absolute Gasteiger partial charge is 0.462 e. The Kier molecular flexibility index (Phi) is 65.1. The fourth-order valence-electron chi connectivity index (χ4n) is 9.74. The predicted octanol–water partition coefficient (Wildman–Crippen LogP) is 20.7. The molecule has 17 nitrogen and oxygen atoms in total. The summed E-state index contributed by atoms with van der Waals surface area (Å²) in [5, 5.41) is 10.6. The van der Waals surface area contributed by atoms with E-state index in [4.69, 9.17) is 37.0 Å². The minimum absolute atomic E-state index is 0.0681. The summed E-state index contributed by atoms with van der Waals surface area (Å²) in [5.74, 6) is -2.33. The third kappa shape index (κ3) is 66.8. The zero-order chi connectivity index (χ0) is 69.0. The molecule has 0 rings (SSSR count). The van der Waals surface area contributed by atoms with Crippen LogP contribution in [-0.4, -0.2) is 96.7 Å². The van der Waals surface area contributed by atoms with Gasteiger partial charge in [0, 0.05) is 19.3 Å². The van der Waals surface area contributed by atoms with Gasteiger partial charge in [0.2, 0.25) is 0 Å². The van der Waals surface area contributed by atoms with Gasteiger partial charge in [-0.2, -0.15) is 0 Å². The van der Waals surface area contributed by atoms with Gasteiger partial charge in [-0.15, -0.1) is 0 Å². The van der Waals surface area contributed by atoms with Gasteiger partial charge in [-0.3, -0.25) is 37.3 Å². The van der Waals surface area contributed by atoms with Crippen molar-refractivity contribution in [3.63, 3.8) is 0 Å². The third-order valence-electron chi connectivity index (χ3n) is 15.4. The summed E-state index contributed by atoms with van der Waals surface area (Å²) < 4.78 is 68.2. The van der Waals surface area contributed by atoms with Gasteiger partial charge in [0.15, 0.2) is 12.2 Å². The van der Waals surface area contributed by atoms with Crippen molar-refractivity contribution in [2.45, 2.75) is 329 Å². The Balaban J connectivity index is 5.37. The van der Waals surface area contributed by atoms with Gasteiger partial charge in [0.1, 0.15) is 19.3 Å². The molecule has 5 atom stereocenters. The number of carbonyl (C=O) groups excluding carboxylic acids is 4. The van der Waals surface area contributed by atoms with Gasteiger partial charge in [-0.05, 0) is 96.3 Å². The molecule has 19 heteroatoms. The summed E-state index contributed by atoms with van der Waals surface area (Å²) in [6, 6.07) is 0. The van der Waals surface area contributed by atoms with E-state index in [-0.39, 0.29) is 25.7 Å². The second-order valence-electron chi connectivity index (χ2n) is 24.5. The van der Waals surface area contributed by atoms with Gasteiger partial charge in [0.25, 0.3) is 0 Å². The molecule has 0 saturated carbocycles. The van der Waals surface area contributed by atoms with Crippen molar-refractivity contribution in [1.29, 1.82) is 0 Å². The lowest BCUT2D eigenvalue weighted by molar-refractivity contribution is -0.161. The second-order valence-corrected chi connectivity index (χ2v) is 27.4. The third-order valence-corrected chi connectivity index (χ3v) is 17.3. The number of rotatable bonds is 69. The summed E-state index contributed by atoms with van der Waals surface area (Å²) in [4.78, 5) is 72.6.